The number of hydrogen-bond donors (Lipinski definition) is 0. The molecule has 0 radical (unpaired) electrons. The molecule has 0 heteroatoms. The molecule has 1 rings (SSSR count). The van der Waals surface area contributed by atoms with Gasteiger partial charge in [-0.15, -0.1) is 0 Å². The van der Waals surface area contributed by atoms with E-state index in [0.717, 1.165) is 5.92 Å². The summed E-state index contributed by atoms with van der Waals surface area (Å²) in [6.07, 6.45) is 6.69. The van der Waals surface area contributed by atoms with Gasteiger partial charge in [0, 0.05) is 0 Å². The van der Waals surface area contributed by atoms with Crippen molar-refractivity contribution in [2.75, 3.05) is 0 Å². The van der Waals surface area contributed by atoms with Gasteiger partial charge < -0.3 is 0 Å². The Bertz CT molecular complexity index is 32.5. The monoisotopic (exact) mass is 83.1 g/mol. The SMILES string of the molecule is C[CH+]C1CCC1. The zero-order valence-electron chi connectivity index (χ0n) is 4.28. The van der Waals surface area contributed by atoms with E-state index in [4.69, 9.17) is 0 Å². The van der Waals surface area contributed by atoms with Crippen molar-refractivity contribution in [2.45, 2.75) is 26.2 Å². The van der Waals surface area contributed by atoms with Crippen LogP contribution in [0.3, 0.4) is 0 Å². The van der Waals surface area contributed by atoms with Gasteiger partial charge >= 0.3 is 0 Å². The quantitative estimate of drug-likeness (QED) is 0.425. The second-order valence-corrected chi connectivity index (χ2v) is 2.02. The van der Waals surface area contributed by atoms with Crippen molar-refractivity contribution in [3.8, 4) is 0 Å². The average Bonchev–Trinajstić information content (AvgIpc) is 1.31. The zero-order chi connectivity index (χ0) is 4.41. The Balaban J connectivity index is 2.01. The summed E-state index contributed by atoms with van der Waals surface area (Å²) in [7, 11) is 0. The molecule has 1 aliphatic rings. The Kier molecular flexibility index (Phi) is 1.04. The van der Waals surface area contributed by atoms with E-state index >= 15 is 0 Å². The molecule has 0 aromatic heterocycles. The van der Waals surface area contributed by atoms with Crippen molar-refractivity contribution < 1.29 is 0 Å². The molecule has 0 saturated heterocycles. The summed E-state index contributed by atoms with van der Waals surface area (Å²) in [5, 5.41) is 0. The van der Waals surface area contributed by atoms with E-state index in [1.54, 1.807) is 0 Å². The van der Waals surface area contributed by atoms with Gasteiger partial charge in [-0.3, -0.25) is 0 Å². The Hall–Kier alpha value is -0.130. The minimum absolute atomic E-state index is 0.991. The van der Waals surface area contributed by atoms with Crippen LogP contribution in [0.1, 0.15) is 26.2 Å². The molecule has 1 aliphatic carbocycles. The largest absolute Gasteiger partial charge is 0.0974 e. The molecule has 0 bridgehead atoms. The summed E-state index contributed by atoms with van der Waals surface area (Å²) in [6, 6.07) is 0. The fraction of sp³-hybridized carbons (Fsp3) is 0.833. The number of rotatable bonds is 1. The molecule has 0 aromatic rings. The van der Waals surface area contributed by atoms with Gasteiger partial charge in [-0.25, -0.2) is 0 Å². The Labute approximate surface area is 39.6 Å². The van der Waals surface area contributed by atoms with Crippen LogP contribution in [0.4, 0.5) is 0 Å². The van der Waals surface area contributed by atoms with Crippen LogP contribution in [0, 0.1) is 12.3 Å². The lowest BCUT2D eigenvalue weighted by Gasteiger charge is -2.15. The van der Waals surface area contributed by atoms with Crippen LogP contribution in [0.5, 0.6) is 0 Å². The average molecular weight is 83.2 g/mol. The molecule has 6 heavy (non-hydrogen) atoms. The van der Waals surface area contributed by atoms with E-state index in [0.29, 0.717) is 0 Å². The maximum absolute atomic E-state index is 2.31. The third-order valence-electron chi connectivity index (χ3n) is 1.62. The van der Waals surface area contributed by atoms with Gasteiger partial charge in [0.2, 0.25) is 0 Å². The first kappa shape index (κ1) is 4.04. The molecule has 1 saturated carbocycles. The first-order chi connectivity index (χ1) is 2.93. The Morgan fingerprint density at radius 3 is 2.17 bits per heavy atom. The molecule has 0 atom stereocenters. The lowest BCUT2D eigenvalue weighted by Crippen LogP contribution is -2.08. The predicted octanol–water partition coefficient (Wildman–Crippen LogP) is 2.01. The van der Waals surface area contributed by atoms with Gasteiger partial charge in [0.1, 0.15) is 0 Å². The van der Waals surface area contributed by atoms with Crippen LogP contribution in [-0.4, -0.2) is 0 Å². The molecule has 1 fully saturated rings. The second-order valence-electron chi connectivity index (χ2n) is 2.02. The molecular weight excluding hydrogens is 72.1 g/mol. The van der Waals surface area contributed by atoms with Crippen LogP contribution in [0.25, 0.3) is 0 Å². The van der Waals surface area contributed by atoms with Crippen molar-refractivity contribution >= 4 is 0 Å². The zero-order valence-corrected chi connectivity index (χ0v) is 4.28. The maximum atomic E-state index is 2.31. The third-order valence-corrected chi connectivity index (χ3v) is 1.62. The highest BCUT2D eigenvalue weighted by Gasteiger charge is 2.21. The van der Waals surface area contributed by atoms with E-state index in [2.05, 4.69) is 13.3 Å². The molecule has 0 heterocycles. The van der Waals surface area contributed by atoms with Gasteiger partial charge in [-0.1, -0.05) is 0 Å². The molecule has 0 N–H and O–H groups in total. The van der Waals surface area contributed by atoms with Gasteiger partial charge in [-0.05, 0) is 19.3 Å². The lowest BCUT2D eigenvalue weighted by molar-refractivity contribution is 0.363. The highest BCUT2D eigenvalue weighted by atomic mass is 14.2. The van der Waals surface area contributed by atoms with E-state index in [-0.39, 0.29) is 0 Å². The molecule has 34 valence electrons. The summed E-state index contributed by atoms with van der Waals surface area (Å²) in [5.74, 6) is 0.991. The van der Waals surface area contributed by atoms with Crippen molar-refractivity contribution in [3.63, 3.8) is 0 Å². The fourth-order valence-corrected chi connectivity index (χ4v) is 0.773. The molecule has 0 amide bonds. The normalized spacial score (nSPS) is 22.8. The summed E-state index contributed by atoms with van der Waals surface area (Å²) >= 11 is 0. The van der Waals surface area contributed by atoms with Crippen molar-refractivity contribution in [1.82, 2.24) is 0 Å². The van der Waals surface area contributed by atoms with Crippen LogP contribution < -0.4 is 0 Å². The maximum Gasteiger partial charge on any atom is 0.0974 e. The van der Waals surface area contributed by atoms with Crippen LogP contribution in [0.15, 0.2) is 0 Å². The summed E-state index contributed by atoms with van der Waals surface area (Å²) in [5.41, 5.74) is 0. The minimum Gasteiger partial charge on any atom is -0.0446 e. The van der Waals surface area contributed by atoms with E-state index in [1.807, 2.05) is 0 Å². The van der Waals surface area contributed by atoms with Gasteiger partial charge in [0.05, 0.1) is 19.3 Å². The summed E-state index contributed by atoms with van der Waals surface area (Å²) in [4.78, 5) is 0. The lowest BCUT2D eigenvalue weighted by atomic mass is 9.84. The molecule has 0 aliphatic heterocycles. The Morgan fingerprint density at radius 2 is 2.17 bits per heavy atom. The summed E-state index contributed by atoms with van der Waals surface area (Å²) < 4.78 is 0. The molecule has 0 unspecified atom stereocenters. The summed E-state index contributed by atoms with van der Waals surface area (Å²) in [6.45, 7) is 2.16. The molecule has 0 spiro atoms. The van der Waals surface area contributed by atoms with E-state index in [9.17, 15) is 0 Å². The Morgan fingerprint density at radius 1 is 1.50 bits per heavy atom. The van der Waals surface area contributed by atoms with Crippen molar-refractivity contribution in [2.24, 2.45) is 5.92 Å². The predicted molar refractivity (Wildman–Crippen MR) is 27.3 cm³/mol. The van der Waals surface area contributed by atoms with Crippen LogP contribution in [-0.2, 0) is 0 Å². The highest BCUT2D eigenvalue weighted by Crippen LogP contribution is 2.27. The molecular formula is C6H11+. The first-order valence-corrected chi connectivity index (χ1v) is 2.73. The second kappa shape index (κ2) is 1.55. The standard InChI is InChI=1S/C6H11/c1-2-6-4-3-5-6/h2,6H,3-5H2,1H3/q+1. The topological polar surface area (TPSA) is 0 Å². The molecule has 0 nitrogen and oxygen atoms in total. The van der Waals surface area contributed by atoms with E-state index in [1.165, 1.54) is 19.3 Å². The third kappa shape index (κ3) is 0.515. The molecule has 0 aromatic carbocycles. The fourth-order valence-electron chi connectivity index (χ4n) is 0.773. The highest BCUT2D eigenvalue weighted by molar-refractivity contribution is 4.78. The van der Waals surface area contributed by atoms with E-state index < -0.39 is 0 Å². The van der Waals surface area contributed by atoms with Gasteiger partial charge in [-0.2, -0.15) is 0 Å². The van der Waals surface area contributed by atoms with Crippen LogP contribution in [0.2, 0.25) is 0 Å². The first-order valence-electron chi connectivity index (χ1n) is 2.73. The minimum atomic E-state index is 0.991. The van der Waals surface area contributed by atoms with Crippen molar-refractivity contribution in [3.05, 3.63) is 6.42 Å². The van der Waals surface area contributed by atoms with Crippen molar-refractivity contribution in [1.29, 1.82) is 0 Å². The number of hydrogen-bond acceptors (Lipinski definition) is 0. The van der Waals surface area contributed by atoms with Gasteiger partial charge in [0.25, 0.3) is 0 Å². The smallest absolute Gasteiger partial charge is 0.0446 e. The van der Waals surface area contributed by atoms with Crippen LogP contribution >= 0.6 is 0 Å². The van der Waals surface area contributed by atoms with Gasteiger partial charge in [0.15, 0.2) is 0 Å².